The Balaban J connectivity index is 2.49. The van der Waals surface area contributed by atoms with Gasteiger partial charge in [0.05, 0.1) is 0 Å². The van der Waals surface area contributed by atoms with E-state index in [-0.39, 0.29) is 0 Å². The summed E-state index contributed by atoms with van der Waals surface area (Å²) in [4.78, 5) is 0. The number of aryl methyl sites for hydroxylation is 1. The maximum Gasteiger partial charge on any atom is -0.0178 e. The summed E-state index contributed by atoms with van der Waals surface area (Å²) < 4.78 is 0. The Morgan fingerprint density at radius 1 is 0.857 bits per heavy atom. The predicted octanol–water partition coefficient (Wildman–Crippen LogP) is 3.16. The van der Waals surface area contributed by atoms with Gasteiger partial charge in [-0.25, -0.2) is 0 Å². The molecule has 2 aromatic rings. The fourth-order valence-corrected chi connectivity index (χ4v) is 1.83. The number of hydrogen-bond acceptors (Lipinski definition) is 0. The Morgan fingerprint density at radius 2 is 1.50 bits per heavy atom. The van der Waals surface area contributed by atoms with E-state index in [1.165, 1.54) is 22.0 Å². The van der Waals surface area contributed by atoms with Crippen LogP contribution in [0.5, 0.6) is 0 Å². The molecule has 1 heteroatoms. The highest BCUT2D eigenvalue weighted by atomic mass is 31.0. The largest absolute Gasteiger partial charge is 0.106 e. The van der Waals surface area contributed by atoms with Gasteiger partial charge in [0.25, 0.3) is 0 Å². The first-order valence-corrected chi connectivity index (χ1v) is 5.26. The smallest absolute Gasteiger partial charge is 0.0178 e. The molecule has 0 nitrogen and oxygen atoms in total. The van der Waals surface area contributed by atoms with Crippen LogP contribution in [-0.2, 0) is 0 Å². The lowest BCUT2D eigenvalue weighted by Gasteiger charge is -2.03. The molecule has 1 atom stereocenters. The summed E-state index contributed by atoms with van der Waals surface area (Å²) in [6.45, 7) is 2.12. The molecule has 0 aliphatic rings. The SMILES string of the molecule is Cc1cccc(-c2cccc(P)c2)c1. The predicted molar refractivity (Wildman–Crippen MR) is 66.0 cm³/mol. The van der Waals surface area contributed by atoms with E-state index in [9.17, 15) is 0 Å². The highest BCUT2D eigenvalue weighted by Crippen LogP contribution is 2.19. The van der Waals surface area contributed by atoms with Crippen molar-refractivity contribution < 1.29 is 0 Å². The number of rotatable bonds is 1. The minimum Gasteiger partial charge on any atom is -0.106 e. The van der Waals surface area contributed by atoms with Crippen molar-refractivity contribution in [3.05, 3.63) is 54.1 Å². The van der Waals surface area contributed by atoms with Gasteiger partial charge >= 0.3 is 0 Å². The van der Waals surface area contributed by atoms with E-state index in [0.717, 1.165) is 0 Å². The van der Waals surface area contributed by atoms with Gasteiger partial charge in [-0.3, -0.25) is 0 Å². The van der Waals surface area contributed by atoms with Crippen molar-refractivity contribution >= 4 is 14.5 Å². The van der Waals surface area contributed by atoms with Crippen LogP contribution in [0, 0.1) is 6.92 Å². The lowest BCUT2D eigenvalue weighted by atomic mass is 10.0. The molecule has 0 radical (unpaired) electrons. The molecule has 0 heterocycles. The summed E-state index contributed by atoms with van der Waals surface area (Å²) in [5.74, 6) is 0. The Bertz CT molecular complexity index is 403. The molecule has 0 aliphatic carbocycles. The van der Waals surface area contributed by atoms with E-state index < -0.39 is 0 Å². The van der Waals surface area contributed by atoms with Gasteiger partial charge in [0.1, 0.15) is 0 Å². The van der Waals surface area contributed by atoms with Gasteiger partial charge in [-0.2, -0.15) is 0 Å². The van der Waals surface area contributed by atoms with Gasteiger partial charge in [-0.1, -0.05) is 48.0 Å². The van der Waals surface area contributed by atoms with Gasteiger partial charge in [0.2, 0.25) is 0 Å². The summed E-state index contributed by atoms with van der Waals surface area (Å²) in [6, 6.07) is 17.1. The average Bonchev–Trinajstić information content (AvgIpc) is 2.18. The molecule has 0 bridgehead atoms. The molecule has 14 heavy (non-hydrogen) atoms. The molecule has 0 N–H and O–H groups in total. The molecule has 70 valence electrons. The third-order valence-electron chi connectivity index (χ3n) is 2.24. The summed E-state index contributed by atoms with van der Waals surface area (Å²) in [5, 5.41) is 1.23. The lowest BCUT2D eigenvalue weighted by Crippen LogP contribution is -1.89. The molecule has 0 saturated heterocycles. The molecular formula is C13H13P. The summed E-state index contributed by atoms with van der Waals surface area (Å²) >= 11 is 0. The van der Waals surface area contributed by atoms with E-state index >= 15 is 0 Å². The van der Waals surface area contributed by atoms with Crippen molar-refractivity contribution in [2.45, 2.75) is 6.92 Å². The fourth-order valence-electron chi connectivity index (χ4n) is 1.54. The second kappa shape index (κ2) is 3.94. The van der Waals surface area contributed by atoms with Crippen molar-refractivity contribution in [1.82, 2.24) is 0 Å². The third-order valence-corrected chi connectivity index (χ3v) is 2.60. The van der Waals surface area contributed by atoms with Crippen LogP contribution in [0.3, 0.4) is 0 Å². The van der Waals surface area contributed by atoms with Crippen molar-refractivity contribution in [2.75, 3.05) is 0 Å². The highest BCUT2D eigenvalue weighted by Gasteiger charge is 1.96. The molecular weight excluding hydrogens is 187 g/mol. The van der Waals surface area contributed by atoms with E-state index in [0.29, 0.717) is 0 Å². The van der Waals surface area contributed by atoms with Gasteiger partial charge in [0.15, 0.2) is 0 Å². The molecule has 0 saturated carbocycles. The van der Waals surface area contributed by atoms with Crippen molar-refractivity contribution in [1.29, 1.82) is 0 Å². The zero-order valence-corrected chi connectivity index (χ0v) is 9.35. The van der Waals surface area contributed by atoms with E-state index in [2.05, 4.69) is 64.7 Å². The van der Waals surface area contributed by atoms with E-state index in [1.807, 2.05) is 0 Å². The first-order valence-electron chi connectivity index (χ1n) is 4.68. The minimum absolute atomic E-state index is 1.23. The lowest BCUT2D eigenvalue weighted by molar-refractivity contribution is 1.47. The minimum atomic E-state index is 1.23. The second-order valence-electron chi connectivity index (χ2n) is 3.49. The first-order chi connectivity index (χ1) is 6.75. The van der Waals surface area contributed by atoms with Crippen LogP contribution in [-0.4, -0.2) is 0 Å². The van der Waals surface area contributed by atoms with Crippen molar-refractivity contribution in [3.63, 3.8) is 0 Å². The monoisotopic (exact) mass is 200 g/mol. The fraction of sp³-hybridized carbons (Fsp3) is 0.0769. The van der Waals surface area contributed by atoms with Crippen LogP contribution >= 0.6 is 9.24 Å². The van der Waals surface area contributed by atoms with Crippen molar-refractivity contribution in [3.8, 4) is 11.1 Å². The van der Waals surface area contributed by atoms with Gasteiger partial charge in [-0.15, -0.1) is 9.24 Å². The van der Waals surface area contributed by atoms with E-state index in [1.54, 1.807) is 0 Å². The highest BCUT2D eigenvalue weighted by molar-refractivity contribution is 7.27. The maximum atomic E-state index is 2.73. The number of benzene rings is 2. The Labute approximate surface area is 87.2 Å². The average molecular weight is 200 g/mol. The summed E-state index contributed by atoms with van der Waals surface area (Å²) in [6.07, 6.45) is 0. The number of hydrogen-bond donors (Lipinski definition) is 0. The third kappa shape index (κ3) is 2.02. The zero-order valence-electron chi connectivity index (χ0n) is 8.20. The Kier molecular flexibility index (Phi) is 2.65. The molecule has 0 spiro atoms. The van der Waals surface area contributed by atoms with Crippen molar-refractivity contribution in [2.24, 2.45) is 0 Å². The van der Waals surface area contributed by atoms with Crippen LogP contribution in [0.4, 0.5) is 0 Å². The van der Waals surface area contributed by atoms with Crippen LogP contribution in [0.15, 0.2) is 48.5 Å². The van der Waals surface area contributed by atoms with Gasteiger partial charge in [-0.05, 0) is 29.4 Å². The quantitative estimate of drug-likeness (QED) is 0.620. The summed E-state index contributed by atoms with van der Waals surface area (Å²) in [5.41, 5.74) is 3.87. The van der Waals surface area contributed by atoms with Crippen LogP contribution in [0.25, 0.3) is 11.1 Å². The second-order valence-corrected chi connectivity index (χ2v) is 4.16. The topological polar surface area (TPSA) is 0 Å². The van der Waals surface area contributed by atoms with Gasteiger partial charge in [0, 0.05) is 0 Å². The van der Waals surface area contributed by atoms with Crippen LogP contribution < -0.4 is 5.30 Å². The molecule has 0 amide bonds. The van der Waals surface area contributed by atoms with Gasteiger partial charge < -0.3 is 0 Å². The zero-order chi connectivity index (χ0) is 9.97. The first kappa shape index (κ1) is 9.43. The Hall–Kier alpha value is -1.13. The molecule has 0 fully saturated rings. The molecule has 2 aromatic carbocycles. The van der Waals surface area contributed by atoms with Crippen LogP contribution in [0.1, 0.15) is 5.56 Å². The standard InChI is InChI=1S/C13H13P/c1-10-4-2-5-11(8-10)12-6-3-7-13(14)9-12/h2-9H,14H2,1H3. The van der Waals surface area contributed by atoms with E-state index in [4.69, 9.17) is 0 Å². The Morgan fingerprint density at radius 3 is 2.14 bits per heavy atom. The molecule has 1 unspecified atom stereocenters. The molecule has 0 aromatic heterocycles. The summed E-state index contributed by atoms with van der Waals surface area (Å²) in [7, 11) is 2.73. The molecule has 2 rings (SSSR count). The molecule has 0 aliphatic heterocycles. The maximum absolute atomic E-state index is 2.73. The normalized spacial score (nSPS) is 10.1. The van der Waals surface area contributed by atoms with Crippen LogP contribution in [0.2, 0.25) is 0 Å².